The molecule has 0 saturated carbocycles. The maximum atomic E-state index is 13.0. The Morgan fingerprint density at radius 1 is 1.12 bits per heavy atom. The lowest BCUT2D eigenvalue weighted by Gasteiger charge is -2.29. The predicted molar refractivity (Wildman–Crippen MR) is 125 cm³/mol. The number of ether oxygens (including phenoxy) is 2. The fraction of sp³-hybridized carbons (Fsp3) is 0.154. The Balaban J connectivity index is 1.41. The second kappa shape index (κ2) is 9.99. The predicted octanol–water partition coefficient (Wildman–Crippen LogP) is 4.59. The summed E-state index contributed by atoms with van der Waals surface area (Å²) in [5, 5.41) is 2.77. The number of hydrogen-bond acceptors (Lipinski definition) is 4. The minimum Gasteiger partial charge on any atom is -0.492 e. The molecule has 2 amide bonds. The third kappa shape index (κ3) is 5.77. The number of nitrogens with one attached hydrogen (secondary N) is 1. The molecule has 6 nitrogen and oxygen atoms in total. The average molecular weight is 446 g/mol. The number of benzene rings is 3. The molecule has 4 rings (SSSR count). The summed E-state index contributed by atoms with van der Waals surface area (Å²) >= 11 is 0. The molecule has 0 aliphatic carbocycles. The molecule has 1 aliphatic rings. The lowest BCUT2D eigenvalue weighted by Crippen LogP contribution is -2.41. The Labute approximate surface area is 191 Å². The first-order valence-corrected chi connectivity index (χ1v) is 10.5. The molecule has 0 unspecified atom stereocenters. The molecule has 168 valence electrons. The number of aryl methyl sites for hydroxylation is 1. The van der Waals surface area contributed by atoms with Crippen molar-refractivity contribution in [1.29, 1.82) is 0 Å². The molecule has 0 bridgehead atoms. The second-order valence-electron chi connectivity index (χ2n) is 7.55. The van der Waals surface area contributed by atoms with E-state index in [2.05, 4.69) is 5.32 Å². The van der Waals surface area contributed by atoms with Crippen LogP contribution in [0.1, 0.15) is 11.1 Å². The third-order valence-electron chi connectivity index (χ3n) is 5.07. The van der Waals surface area contributed by atoms with E-state index >= 15 is 0 Å². The van der Waals surface area contributed by atoms with Gasteiger partial charge in [0.2, 0.25) is 5.91 Å². The molecule has 0 atom stereocenters. The van der Waals surface area contributed by atoms with Gasteiger partial charge in [-0.05, 0) is 61.0 Å². The van der Waals surface area contributed by atoms with Gasteiger partial charge < -0.3 is 19.7 Å². The maximum absolute atomic E-state index is 13.0. The van der Waals surface area contributed by atoms with Gasteiger partial charge in [0.05, 0.1) is 12.2 Å². The van der Waals surface area contributed by atoms with Crippen molar-refractivity contribution in [2.45, 2.75) is 6.92 Å². The molecule has 3 aromatic rings. The molecule has 7 heteroatoms. The van der Waals surface area contributed by atoms with Gasteiger partial charge in [0.25, 0.3) is 5.91 Å². The highest BCUT2D eigenvalue weighted by atomic mass is 19.1. The second-order valence-corrected chi connectivity index (χ2v) is 7.55. The van der Waals surface area contributed by atoms with Gasteiger partial charge in [0, 0.05) is 11.8 Å². The lowest BCUT2D eigenvalue weighted by atomic mass is 10.2. The number of halogens is 1. The van der Waals surface area contributed by atoms with Crippen LogP contribution in [0.2, 0.25) is 0 Å². The molecule has 0 spiro atoms. The zero-order chi connectivity index (χ0) is 23.2. The normalized spacial score (nSPS) is 12.9. The number of amides is 2. The van der Waals surface area contributed by atoms with Gasteiger partial charge in [-0.3, -0.25) is 9.59 Å². The Bertz CT molecular complexity index is 1170. The van der Waals surface area contributed by atoms with Crippen LogP contribution in [0.4, 0.5) is 15.8 Å². The minimum atomic E-state index is -0.350. The van der Waals surface area contributed by atoms with Crippen molar-refractivity contribution >= 4 is 29.3 Å². The number of fused-ring (bicyclic) bond motifs is 1. The largest absolute Gasteiger partial charge is 0.492 e. The van der Waals surface area contributed by atoms with Gasteiger partial charge in [0.15, 0.2) is 6.61 Å². The fourth-order valence-electron chi connectivity index (χ4n) is 3.34. The van der Waals surface area contributed by atoms with E-state index in [1.807, 2.05) is 31.2 Å². The molecular weight excluding hydrogens is 423 g/mol. The summed E-state index contributed by atoms with van der Waals surface area (Å²) in [4.78, 5) is 26.4. The number of anilines is 2. The summed E-state index contributed by atoms with van der Waals surface area (Å²) in [6, 6.07) is 18.6. The van der Waals surface area contributed by atoms with Crippen molar-refractivity contribution in [3.05, 3.63) is 89.8 Å². The number of hydrogen-bond donors (Lipinski definition) is 1. The van der Waals surface area contributed by atoms with Gasteiger partial charge in [0.1, 0.15) is 23.9 Å². The van der Waals surface area contributed by atoms with E-state index in [4.69, 9.17) is 9.47 Å². The van der Waals surface area contributed by atoms with E-state index in [1.54, 1.807) is 41.3 Å². The van der Waals surface area contributed by atoms with E-state index < -0.39 is 0 Å². The Morgan fingerprint density at radius 3 is 2.64 bits per heavy atom. The molecular formula is C26H23FN2O4. The van der Waals surface area contributed by atoms with Gasteiger partial charge in [-0.15, -0.1) is 0 Å². The summed E-state index contributed by atoms with van der Waals surface area (Å²) in [6.07, 6.45) is 2.95. The molecule has 1 N–H and O–H groups in total. The molecule has 1 aliphatic heterocycles. The van der Waals surface area contributed by atoms with Gasteiger partial charge in [-0.25, -0.2) is 4.39 Å². The Kier molecular flexibility index (Phi) is 6.69. The highest BCUT2D eigenvalue weighted by molar-refractivity contribution is 6.03. The summed E-state index contributed by atoms with van der Waals surface area (Å²) < 4.78 is 24.3. The van der Waals surface area contributed by atoms with E-state index in [9.17, 15) is 14.0 Å². The standard InChI is InChI=1S/C26H23FN2O4/c1-18-2-10-22(11-3-18)32-15-14-29-23-16-21(9-12-24(23)33-17-26(29)31)28-25(30)13-6-19-4-7-20(27)8-5-19/h2-13,16H,14-15,17H2,1H3,(H,28,30)/b13-6+. The molecule has 3 aromatic carbocycles. The fourth-order valence-corrected chi connectivity index (χ4v) is 3.34. The average Bonchev–Trinajstić information content (AvgIpc) is 2.81. The highest BCUT2D eigenvalue weighted by Crippen LogP contribution is 2.34. The first kappa shape index (κ1) is 22.1. The van der Waals surface area contributed by atoms with Crippen LogP contribution < -0.4 is 19.7 Å². The zero-order valence-corrected chi connectivity index (χ0v) is 18.1. The van der Waals surface area contributed by atoms with Gasteiger partial charge in [-0.2, -0.15) is 0 Å². The summed E-state index contributed by atoms with van der Waals surface area (Å²) in [7, 11) is 0. The van der Waals surface area contributed by atoms with Crippen LogP contribution in [0.5, 0.6) is 11.5 Å². The molecule has 33 heavy (non-hydrogen) atoms. The minimum absolute atomic E-state index is 0.0519. The number of nitrogens with zero attached hydrogens (tertiary/aromatic N) is 1. The van der Waals surface area contributed by atoms with Crippen molar-refractivity contribution in [1.82, 2.24) is 0 Å². The highest BCUT2D eigenvalue weighted by Gasteiger charge is 2.26. The third-order valence-corrected chi connectivity index (χ3v) is 5.07. The zero-order valence-electron chi connectivity index (χ0n) is 18.1. The van der Waals surface area contributed by atoms with Gasteiger partial charge >= 0.3 is 0 Å². The topological polar surface area (TPSA) is 67.9 Å². The number of carbonyl (C=O) groups excluding carboxylic acids is 2. The van der Waals surface area contributed by atoms with E-state index in [1.165, 1.54) is 18.2 Å². The molecule has 0 radical (unpaired) electrons. The van der Waals surface area contributed by atoms with Crippen molar-refractivity contribution < 1.29 is 23.5 Å². The SMILES string of the molecule is Cc1ccc(OCCN2C(=O)COc3ccc(NC(=O)/C=C/c4ccc(F)cc4)cc32)cc1. The van der Waals surface area contributed by atoms with Crippen LogP contribution in [0, 0.1) is 12.7 Å². The number of rotatable bonds is 7. The first-order valence-electron chi connectivity index (χ1n) is 10.5. The molecule has 0 fully saturated rings. The van der Waals surface area contributed by atoms with Crippen LogP contribution in [-0.2, 0) is 9.59 Å². The quantitative estimate of drug-likeness (QED) is 0.539. The summed E-state index contributed by atoms with van der Waals surface area (Å²) in [6.45, 7) is 2.60. The smallest absolute Gasteiger partial charge is 0.265 e. The Morgan fingerprint density at radius 2 is 1.88 bits per heavy atom. The van der Waals surface area contributed by atoms with Gasteiger partial charge in [-0.1, -0.05) is 29.8 Å². The number of carbonyl (C=O) groups is 2. The van der Waals surface area contributed by atoms with Crippen LogP contribution >= 0.6 is 0 Å². The van der Waals surface area contributed by atoms with Crippen molar-refractivity contribution in [2.24, 2.45) is 0 Å². The van der Waals surface area contributed by atoms with E-state index in [0.29, 0.717) is 35.8 Å². The van der Waals surface area contributed by atoms with Crippen LogP contribution in [0.25, 0.3) is 6.08 Å². The molecule has 1 heterocycles. The van der Waals surface area contributed by atoms with E-state index in [-0.39, 0.29) is 24.2 Å². The summed E-state index contributed by atoms with van der Waals surface area (Å²) in [5.74, 6) is 0.419. The van der Waals surface area contributed by atoms with Crippen molar-refractivity contribution in [2.75, 3.05) is 30.0 Å². The first-order chi connectivity index (χ1) is 16.0. The van der Waals surface area contributed by atoms with Crippen LogP contribution in [0.3, 0.4) is 0 Å². The van der Waals surface area contributed by atoms with E-state index in [0.717, 1.165) is 11.3 Å². The monoisotopic (exact) mass is 446 g/mol. The molecule has 0 saturated heterocycles. The van der Waals surface area contributed by atoms with Crippen LogP contribution in [-0.4, -0.2) is 31.6 Å². The van der Waals surface area contributed by atoms with Crippen molar-refractivity contribution in [3.8, 4) is 11.5 Å². The summed E-state index contributed by atoms with van der Waals surface area (Å²) in [5.41, 5.74) is 2.93. The molecule has 0 aromatic heterocycles. The lowest BCUT2D eigenvalue weighted by molar-refractivity contribution is -0.121. The van der Waals surface area contributed by atoms with Crippen molar-refractivity contribution in [3.63, 3.8) is 0 Å². The Hall–Kier alpha value is -4.13. The maximum Gasteiger partial charge on any atom is 0.265 e. The van der Waals surface area contributed by atoms with Crippen LogP contribution in [0.15, 0.2) is 72.8 Å².